The maximum Gasteiger partial charge on any atom is 0.0547 e. The Morgan fingerprint density at radius 1 is 0.230 bits per heavy atom. The summed E-state index contributed by atoms with van der Waals surface area (Å²) in [5.41, 5.74) is 23.3. The molecular weight excluding hydrogens is 893 g/mol. The summed E-state index contributed by atoms with van der Waals surface area (Å²) < 4.78 is 2.39. The van der Waals surface area contributed by atoms with Gasteiger partial charge in [0.05, 0.1) is 11.0 Å². The summed E-state index contributed by atoms with van der Waals surface area (Å²) in [7, 11) is 0. The minimum Gasteiger partial charge on any atom is -0.310 e. The Hall–Kier alpha value is -9.76. The van der Waals surface area contributed by atoms with E-state index in [2.05, 4.69) is 313 Å². The molecule has 0 amide bonds. The van der Waals surface area contributed by atoms with Gasteiger partial charge in [-0.25, -0.2) is 0 Å². The van der Waals surface area contributed by atoms with Gasteiger partial charge in [0.1, 0.15) is 0 Å². The van der Waals surface area contributed by atoms with Gasteiger partial charge in [0.2, 0.25) is 0 Å². The number of rotatable bonds is 11. The summed E-state index contributed by atoms with van der Waals surface area (Å²) in [6.45, 7) is 0. The zero-order chi connectivity index (χ0) is 49.2. The lowest BCUT2D eigenvalue weighted by Crippen LogP contribution is -2.10. The van der Waals surface area contributed by atoms with E-state index in [1.807, 2.05) is 0 Å². The van der Waals surface area contributed by atoms with Gasteiger partial charge < -0.3 is 9.47 Å². The molecule has 0 radical (unpaired) electrons. The van der Waals surface area contributed by atoms with Crippen LogP contribution >= 0.6 is 0 Å². The van der Waals surface area contributed by atoms with Gasteiger partial charge in [-0.15, -0.1) is 0 Å². The predicted molar refractivity (Wildman–Crippen MR) is 314 cm³/mol. The van der Waals surface area contributed by atoms with E-state index < -0.39 is 0 Å². The first kappa shape index (κ1) is 44.2. The summed E-state index contributed by atoms with van der Waals surface area (Å²) in [4.78, 5) is 2.42. The molecule has 0 saturated carbocycles. The number of para-hydroxylation sites is 2. The van der Waals surface area contributed by atoms with Gasteiger partial charge in [-0.1, -0.05) is 243 Å². The highest BCUT2D eigenvalue weighted by molar-refractivity contribution is 6.16. The second-order valence-corrected chi connectivity index (χ2v) is 18.8. The van der Waals surface area contributed by atoms with Crippen molar-refractivity contribution in [2.75, 3.05) is 4.90 Å². The Labute approximate surface area is 433 Å². The van der Waals surface area contributed by atoms with E-state index in [1.165, 1.54) is 83.0 Å². The standard InChI is InChI=1S/C72H50N2/c1-5-21-51(22-6-1)52-41-43-53(44-42-52)54-45-47-60(48-46-54)73(62-32-18-28-58(50-62)66-38-20-40-70-72(66)68-35-15-16-39-69(68)74(70)59-29-11-4-12-30-59)61-31-17-27-57(49-61)65-37-19-36-64(56-25-9-3-10-26-56)71(65)67-34-14-13-33-63(67)55-23-7-2-8-24-55/h1-50H. The van der Waals surface area contributed by atoms with Crippen LogP contribution in [-0.2, 0) is 0 Å². The Morgan fingerprint density at radius 3 is 1.24 bits per heavy atom. The van der Waals surface area contributed by atoms with Crippen molar-refractivity contribution in [2.45, 2.75) is 0 Å². The van der Waals surface area contributed by atoms with Gasteiger partial charge in [-0.05, 0) is 139 Å². The Kier molecular flexibility index (Phi) is 11.6. The molecule has 2 nitrogen and oxygen atoms in total. The largest absolute Gasteiger partial charge is 0.310 e. The highest BCUT2D eigenvalue weighted by Crippen LogP contribution is 2.47. The number of hydrogen-bond acceptors (Lipinski definition) is 1. The Balaban J connectivity index is 0.977. The molecule has 0 aliphatic rings. The molecular formula is C72H50N2. The van der Waals surface area contributed by atoms with E-state index in [1.54, 1.807) is 0 Å². The van der Waals surface area contributed by atoms with Crippen LogP contribution in [0.25, 0.3) is 105 Å². The van der Waals surface area contributed by atoms with Crippen molar-refractivity contribution in [1.29, 1.82) is 0 Å². The highest BCUT2D eigenvalue weighted by atomic mass is 15.1. The van der Waals surface area contributed by atoms with Crippen molar-refractivity contribution in [3.8, 4) is 83.6 Å². The average Bonchev–Trinajstić information content (AvgIpc) is 3.83. The van der Waals surface area contributed by atoms with Crippen LogP contribution in [0.15, 0.2) is 303 Å². The topological polar surface area (TPSA) is 8.17 Å². The van der Waals surface area contributed by atoms with Crippen LogP contribution in [-0.4, -0.2) is 4.57 Å². The van der Waals surface area contributed by atoms with Gasteiger partial charge in [-0.2, -0.15) is 0 Å². The smallest absolute Gasteiger partial charge is 0.0547 e. The van der Waals surface area contributed by atoms with Crippen LogP contribution in [0, 0.1) is 0 Å². The van der Waals surface area contributed by atoms with Gasteiger partial charge in [0.15, 0.2) is 0 Å². The highest BCUT2D eigenvalue weighted by Gasteiger charge is 2.21. The molecule has 12 aromatic carbocycles. The fourth-order valence-electron chi connectivity index (χ4n) is 11.0. The molecule has 0 saturated heterocycles. The van der Waals surface area contributed by atoms with Crippen molar-refractivity contribution in [3.05, 3.63) is 303 Å². The van der Waals surface area contributed by atoms with Gasteiger partial charge in [0, 0.05) is 33.5 Å². The molecule has 348 valence electrons. The first-order chi connectivity index (χ1) is 36.7. The molecule has 13 rings (SSSR count). The summed E-state index contributed by atoms with van der Waals surface area (Å²) in [6.07, 6.45) is 0. The molecule has 0 spiro atoms. The molecule has 1 aromatic heterocycles. The lowest BCUT2D eigenvalue weighted by Gasteiger charge is -2.27. The van der Waals surface area contributed by atoms with Crippen LogP contribution in [0.4, 0.5) is 17.1 Å². The van der Waals surface area contributed by atoms with Crippen molar-refractivity contribution in [2.24, 2.45) is 0 Å². The van der Waals surface area contributed by atoms with Gasteiger partial charge in [-0.3, -0.25) is 0 Å². The van der Waals surface area contributed by atoms with Crippen LogP contribution in [0.2, 0.25) is 0 Å². The van der Waals surface area contributed by atoms with E-state index in [0.717, 1.165) is 39.4 Å². The molecule has 0 aliphatic heterocycles. The maximum absolute atomic E-state index is 2.42. The number of hydrogen-bond donors (Lipinski definition) is 0. The van der Waals surface area contributed by atoms with Crippen molar-refractivity contribution < 1.29 is 0 Å². The molecule has 13 aromatic rings. The van der Waals surface area contributed by atoms with Crippen LogP contribution in [0.5, 0.6) is 0 Å². The number of nitrogens with zero attached hydrogens (tertiary/aromatic N) is 2. The average molecular weight is 943 g/mol. The van der Waals surface area contributed by atoms with Crippen molar-refractivity contribution >= 4 is 38.9 Å². The molecule has 0 N–H and O–H groups in total. The summed E-state index contributed by atoms with van der Waals surface area (Å²) in [6, 6.07) is 110. The second-order valence-electron chi connectivity index (χ2n) is 18.8. The molecule has 2 heteroatoms. The Morgan fingerprint density at radius 2 is 0.622 bits per heavy atom. The fourth-order valence-corrected chi connectivity index (χ4v) is 11.0. The van der Waals surface area contributed by atoms with E-state index in [4.69, 9.17) is 0 Å². The van der Waals surface area contributed by atoms with E-state index >= 15 is 0 Å². The normalized spacial score (nSPS) is 11.2. The summed E-state index contributed by atoms with van der Waals surface area (Å²) in [5, 5.41) is 2.47. The quantitative estimate of drug-likeness (QED) is 0.125. The van der Waals surface area contributed by atoms with E-state index in [0.29, 0.717) is 0 Å². The third-order valence-electron chi connectivity index (χ3n) is 14.4. The molecule has 0 bridgehead atoms. The van der Waals surface area contributed by atoms with Gasteiger partial charge in [0.25, 0.3) is 0 Å². The minimum absolute atomic E-state index is 1.06. The number of benzene rings is 12. The lowest BCUT2D eigenvalue weighted by atomic mass is 9.84. The lowest BCUT2D eigenvalue weighted by molar-refractivity contribution is 1.18. The van der Waals surface area contributed by atoms with Crippen LogP contribution in [0.3, 0.4) is 0 Å². The number of anilines is 3. The number of aromatic nitrogens is 1. The molecule has 74 heavy (non-hydrogen) atoms. The maximum atomic E-state index is 2.42. The third kappa shape index (κ3) is 8.25. The Bertz CT molecular complexity index is 4080. The zero-order valence-electron chi connectivity index (χ0n) is 40.8. The molecule has 0 fully saturated rings. The summed E-state index contributed by atoms with van der Waals surface area (Å²) >= 11 is 0. The third-order valence-corrected chi connectivity index (χ3v) is 14.4. The van der Waals surface area contributed by atoms with Crippen LogP contribution in [0.1, 0.15) is 0 Å². The molecule has 0 aliphatic carbocycles. The minimum atomic E-state index is 1.06. The number of fused-ring (bicyclic) bond motifs is 3. The monoisotopic (exact) mass is 942 g/mol. The van der Waals surface area contributed by atoms with Crippen molar-refractivity contribution in [1.82, 2.24) is 4.57 Å². The van der Waals surface area contributed by atoms with E-state index in [9.17, 15) is 0 Å². The zero-order valence-corrected chi connectivity index (χ0v) is 40.8. The molecule has 1 heterocycles. The molecule has 0 unspecified atom stereocenters. The predicted octanol–water partition coefficient (Wildman–Crippen LogP) is 19.9. The second kappa shape index (κ2) is 19.4. The van der Waals surface area contributed by atoms with Crippen LogP contribution < -0.4 is 4.90 Å². The van der Waals surface area contributed by atoms with Gasteiger partial charge >= 0.3 is 0 Å². The molecule has 0 atom stereocenters. The SMILES string of the molecule is c1ccc(-c2ccc(-c3ccc(N(c4cccc(-c5cccc(-c6ccccc6)c5-c5ccccc5-c5ccccc5)c4)c4cccc(-c5cccc6c5c5ccccc5n6-c5ccccc5)c4)cc3)cc2)cc1. The van der Waals surface area contributed by atoms with E-state index in [-0.39, 0.29) is 0 Å². The first-order valence-electron chi connectivity index (χ1n) is 25.4. The van der Waals surface area contributed by atoms with Crippen molar-refractivity contribution in [3.63, 3.8) is 0 Å². The first-order valence-corrected chi connectivity index (χ1v) is 25.4. The summed E-state index contributed by atoms with van der Waals surface area (Å²) in [5.74, 6) is 0. The fraction of sp³-hybridized carbons (Fsp3) is 0.